The summed E-state index contributed by atoms with van der Waals surface area (Å²) in [5.74, 6) is 0.651. The van der Waals surface area contributed by atoms with Gasteiger partial charge in [-0.25, -0.2) is 0 Å². The molecule has 0 aliphatic heterocycles. The monoisotopic (exact) mass is 298 g/mol. The summed E-state index contributed by atoms with van der Waals surface area (Å²) in [7, 11) is 1.41. The third-order valence-electron chi connectivity index (χ3n) is 3.44. The van der Waals surface area contributed by atoms with Gasteiger partial charge in [0.1, 0.15) is 5.75 Å². The van der Waals surface area contributed by atoms with Gasteiger partial charge < -0.3 is 9.47 Å². The second kappa shape index (κ2) is 8.23. The van der Waals surface area contributed by atoms with Crippen LogP contribution < -0.4 is 4.74 Å². The fourth-order valence-electron chi connectivity index (χ4n) is 2.20. The SMILES string of the molecule is CCCCOc1cccc(-c2cccc(CC(=O)OC)c2)c1. The lowest BCUT2D eigenvalue weighted by atomic mass is 10.0. The van der Waals surface area contributed by atoms with E-state index in [1.807, 2.05) is 48.5 Å². The molecule has 3 nitrogen and oxygen atoms in total. The normalized spacial score (nSPS) is 10.3. The van der Waals surface area contributed by atoms with Crippen molar-refractivity contribution in [1.29, 1.82) is 0 Å². The van der Waals surface area contributed by atoms with Crippen LogP contribution in [0.15, 0.2) is 48.5 Å². The van der Waals surface area contributed by atoms with Gasteiger partial charge in [0, 0.05) is 0 Å². The molecule has 3 heteroatoms. The molecule has 2 aromatic carbocycles. The Morgan fingerprint density at radius 3 is 2.50 bits per heavy atom. The Morgan fingerprint density at radius 2 is 1.77 bits per heavy atom. The standard InChI is InChI=1S/C19H22O3/c1-3-4-11-22-18-10-6-9-17(14-18)16-8-5-7-15(12-16)13-19(20)21-2/h5-10,12,14H,3-4,11,13H2,1-2H3. The minimum Gasteiger partial charge on any atom is -0.494 e. The topological polar surface area (TPSA) is 35.5 Å². The molecule has 0 radical (unpaired) electrons. The summed E-state index contributed by atoms with van der Waals surface area (Å²) in [6, 6.07) is 16.0. The number of hydrogen-bond donors (Lipinski definition) is 0. The Balaban J connectivity index is 2.15. The first kappa shape index (κ1) is 16.1. The highest BCUT2D eigenvalue weighted by Crippen LogP contribution is 2.25. The molecule has 0 aliphatic carbocycles. The molecule has 0 amide bonds. The molecular weight excluding hydrogens is 276 g/mol. The van der Waals surface area contributed by atoms with Crippen LogP contribution in [0, 0.1) is 0 Å². The first-order valence-electron chi connectivity index (χ1n) is 7.62. The predicted molar refractivity (Wildman–Crippen MR) is 88.0 cm³/mol. The number of carbonyl (C=O) groups excluding carboxylic acids is 1. The van der Waals surface area contributed by atoms with Crippen LogP contribution in [0.25, 0.3) is 11.1 Å². The first-order valence-corrected chi connectivity index (χ1v) is 7.62. The van der Waals surface area contributed by atoms with Gasteiger partial charge >= 0.3 is 5.97 Å². The third-order valence-corrected chi connectivity index (χ3v) is 3.44. The van der Waals surface area contributed by atoms with Crippen LogP contribution in [0.2, 0.25) is 0 Å². The zero-order valence-corrected chi connectivity index (χ0v) is 13.2. The Morgan fingerprint density at radius 1 is 1.05 bits per heavy atom. The van der Waals surface area contributed by atoms with E-state index in [4.69, 9.17) is 9.47 Å². The lowest BCUT2D eigenvalue weighted by Gasteiger charge is -2.09. The Labute approximate surface area is 131 Å². The van der Waals surface area contributed by atoms with Crippen molar-refractivity contribution in [2.75, 3.05) is 13.7 Å². The Kier molecular flexibility index (Phi) is 6.01. The number of carbonyl (C=O) groups is 1. The van der Waals surface area contributed by atoms with E-state index >= 15 is 0 Å². The van der Waals surface area contributed by atoms with Crippen LogP contribution in [-0.2, 0) is 16.0 Å². The maximum atomic E-state index is 11.4. The molecule has 0 saturated carbocycles. The van der Waals surface area contributed by atoms with Crippen LogP contribution in [0.1, 0.15) is 25.3 Å². The predicted octanol–water partition coefficient (Wildman–Crippen LogP) is 4.25. The second-order valence-electron chi connectivity index (χ2n) is 5.18. The summed E-state index contributed by atoms with van der Waals surface area (Å²) in [6.45, 7) is 2.88. The summed E-state index contributed by atoms with van der Waals surface area (Å²) in [5.41, 5.74) is 3.10. The number of benzene rings is 2. The molecule has 22 heavy (non-hydrogen) atoms. The fourth-order valence-corrected chi connectivity index (χ4v) is 2.20. The molecule has 0 bridgehead atoms. The molecule has 0 aromatic heterocycles. The van der Waals surface area contributed by atoms with E-state index in [1.165, 1.54) is 7.11 Å². The summed E-state index contributed by atoms with van der Waals surface area (Å²) in [4.78, 5) is 11.4. The number of esters is 1. The van der Waals surface area contributed by atoms with Crippen molar-refractivity contribution in [3.05, 3.63) is 54.1 Å². The average Bonchev–Trinajstić information content (AvgIpc) is 2.55. The quantitative estimate of drug-likeness (QED) is 0.566. The van der Waals surface area contributed by atoms with Gasteiger partial charge in [0.05, 0.1) is 20.1 Å². The number of unbranched alkanes of at least 4 members (excludes halogenated alkanes) is 1. The van der Waals surface area contributed by atoms with Crippen molar-refractivity contribution < 1.29 is 14.3 Å². The van der Waals surface area contributed by atoms with Gasteiger partial charge in [-0.05, 0) is 35.2 Å². The van der Waals surface area contributed by atoms with Gasteiger partial charge in [-0.3, -0.25) is 4.79 Å². The van der Waals surface area contributed by atoms with E-state index < -0.39 is 0 Å². The molecule has 0 heterocycles. The Bertz CT molecular complexity index is 620. The molecule has 0 spiro atoms. The van der Waals surface area contributed by atoms with E-state index in [0.717, 1.165) is 41.9 Å². The third kappa shape index (κ3) is 4.62. The van der Waals surface area contributed by atoms with E-state index in [1.54, 1.807) is 0 Å². The van der Waals surface area contributed by atoms with Crippen LogP contribution in [0.3, 0.4) is 0 Å². The highest BCUT2D eigenvalue weighted by molar-refractivity contribution is 5.74. The molecule has 0 fully saturated rings. The smallest absolute Gasteiger partial charge is 0.309 e. The van der Waals surface area contributed by atoms with Crippen molar-refractivity contribution in [3.8, 4) is 16.9 Å². The van der Waals surface area contributed by atoms with E-state index in [-0.39, 0.29) is 12.4 Å². The zero-order chi connectivity index (χ0) is 15.8. The van der Waals surface area contributed by atoms with E-state index in [0.29, 0.717) is 0 Å². The molecule has 0 saturated heterocycles. The summed E-state index contributed by atoms with van der Waals surface area (Å²) in [5, 5.41) is 0. The molecule has 2 aromatic rings. The van der Waals surface area contributed by atoms with Gasteiger partial charge in [0.15, 0.2) is 0 Å². The van der Waals surface area contributed by atoms with Crippen molar-refractivity contribution in [3.63, 3.8) is 0 Å². The maximum absolute atomic E-state index is 11.4. The maximum Gasteiger partial charge on any atom is 0.309 e. The van der Waals surface area contributed by atoms with Gasteiger partial charge in [-0.1, -0.05) is 49.7 Å². The van der Waals surface area contributed by atoms with Crippen LogP contribution in [0.5, 0.6) is 5.75 Å². The lowest BCUT2D eigenvalue weighted by molar-refractivity contribution is -0.139. The van der Waals surface area contributed by atoms with E-state index in [9.17, 15) is 4.79 Å². The summed E-state index contributed by atoms with van der Waals surface area (Å²) < 4.78 is 10.5. The van der Waals surface area contributed by atoms with E-state index in [2.05, 4.69) is 6.92 Å². The molecular formula is C19H22O3. The van der Waals surface area contributed by atoms with Crippen molar-refractivity contribution in [1.82, 2.24) is 0 Å². The second-order valence-corrected chi connectivity index (χ2v) is 5.18. The Hall–Kier alpha value is -2.29. The number of methoxy groups -OCH3 is 1. The van der Waals surface area contributed by atoms with Crippen molar-refractivity contribution in [2.45, 2.75) is 26.2 Å². The largest absolute Gasteiger partial charge is 0.494 e. The number of hydrogen-bond acceptors (Lipinski definition) is 3. The minimum atomic E-state index is -0.228. The fraction of sp³-hybridized carbons (Fsp3) is 0.316. The molecule has 116 valence electrons. The minimum absolute atomic E-state index is 0.228. The zero-order valence-electron chi connectivity index (χ0n) is 13.2. The van der Waals surface area contributed by atoms with Crippen molar-refractivity contribution in [2.24, 2.45) is 0 Å². The molecule has 0 unspecified atom stereocenters. The summed E-state index contributed by atoms with van der Waals surface area (Å²) in [6.07, 6.45) is 2.46. The average molecular weight is 298 g/mol. The van der Waals surface area contributed by atoms with Gasteiger partial charge in [-0.2, -0.15) is 0 Å². The highest BCUT2D eigenvalue weighted by Gasteiger charge is 2.05. The first-order chi connectivity index (χ1) is 10.7. The molecule has 0 atom stereocenters. The van der Waals surface area contributed by atoms with Crippen molar-refractivity contribution >= 4 is 5.97 Å². The number of rotatable bonds is 7. The molecule has 2 rings (SSSR count). The molecule has 0 aliphatic rings. The van der Waals surface area contributed by atoms with Crippen LogP contribution in [0.4, 0.5) is 0 Å². The van der Waals surface area contributed by atoms with Gasteiger partial charge in [-0.15, -0.1) is 0 Å². The highest BCUT2D eigenvalue weighted by atomic mass is 16.5. The summed E-state index contributed by atoms with van der Waals surface area (Å²) >= 11 is 0. The van der Waals surface area contributed by atoms with Crippen LogP contribution in [-0.4, -0.2) is 19.7 Å². The number of ether oxygens (including phenoxy) is 2. The molecule has 0 N–H and O–H groups in total. The van der Waals surface area contributed by atoms with Gasteiger partial charge in [0.2, 0.25) is 0 Å². The van der Waals surface area contributed by atoms with Gasteiger partial charge in [0.25, 0.3) is 0 Å². The lowest BCUT2D eigenvalue weighted by Crippen LogP contribution is -2.04. The van der Waals surface area contributed by atoms with Crippen LogP contribution >= 0.6 is 0 Å².